The van der Waals surface area contributed by atoms with Crippen LogP contribution in [0.5, 0.6) is 5.75 Å². The first kappa shape index (κ1) is 25.1. The van der Waals surface area contributed by atoms with Crippen molar-refractivity contribution in [3.63, 3.8) is 0 Å². The molecule has 0 fully saturated rings. The molecule has 0 unspecified atom stereocenters. The lowest BCUT2D eigenvalue weighted by Crippen LogP contribution is -2.28. The number of carbonyl (C=O) groups excluding carboxylic acids is 1. The third kappa shape index (κ3) is 7.78. The number of nitrogens with one attached hydrogen (secondary N) is 2. The second-order valence-corrected chi connectivity index (χ2v) is 10.3. The van der Waals surface area contributed by atoms with E-state index in [-0.39, 0.29) is 33.7 Å². The zero-order valence-corrected chi connectivity index (χ0v) is 19.2. The van der Waals surface area contributed by atoms with Crippen LogP contribution in [-0.4, -0.2) is 35.9 Å². The van der Waals surface area contributed by atoms with Gasteiger partial charge in [-0.1, -0.05) is 37.1 Å². The molecule has 0 aliphatic heterocycles. The van der Waals surface area contributed by atoms with E-state index in [0.717, 1.165) is 12.8 Å². The minimum absolute atomic E-state index is 0.00773. The summed E-state index contributed by atoms with van der Waals surface area (Å²) in [6, 6.07) is 9.75. The Labute approximate surface area is 187 Å². The topological polar surface area (TPSA) is 145 Å². The number of nitrogens with two attached hydrogens (primary N) is 1. The van der Waals surface area contributed by atoms with E-state index in [9.17, 15) is 21.6 Å². The van der Waals surface area contributed by atoms with E-state index in [4.69, 9.17) is 21.5 Å². The van der Waals surface area contributed by atoms with Crippen LogP contribution in [0.2, 0.25) is 5.02 Å². The first-order valence-corrected chi connectivity index (χ1v) is 12.7. The molecule has 0 heterocycles. The molecule has 1 amide bonds. The van der Waals surface area contributed by atoms with Gasteiger partial charge in [0.25, 0.3) is 5.91 Å². The van der Waals surface area contributed by atoms with Gasteiger partial charge in [-0.25, -0.2) is 26.7 Å². The molecular weight excluding hydrogens is 466 g/mol. The summed E-state index contributed by atoms with van der Waals surface area (Å²) >= 11 is 6.10. The van der Waals surface area contributed by atoms with Gasteiger partial charge in [0.1, 0.15) is 5.75 Å². The van der Waals surface area contributed by atoms with Crippen molar-refractivity contribution in [2.75, 3.05) is 13.2 Å². The maximum Gasteiger partial charge on any atom is 0.258 e. The van der Waals surface area contributed by atoms with Crippen molar-refractivity contribution < 1.29 is 26.4 Å². The van der Waals surface area contributed by atoms with Crippen molar-refractivity contribution in [3.05, 3.63) is 53.1 Å². The minimum atomic E-state index is -3.77. The van der Waals surface area contributed by atoms with Crippen LogP contribution >= 0.6 is 11.6 Å². The van der Waals surface area contributed by atoms with Gasteiger partial charge in [0.15, 0.2) is 6.61 Å². The third-order valence-electron chi connectivity index (χ3n) is 4.14. The molecule has 0 saturated heterocycles. The monoisotopic (exact) mass is 489 g/mol. The Morgan fingerprint density at radius 2 is 1.71 bits per heavy atom. The Morgan fingerprint density at radius 3 is 2.29 bits per heavy atom. The van der Waals surface area contributed by atoms with E-state index in [2.05, 4.69) is 10.0 Å². The van der Waals surface area contributed by atoms with E-state index in [0.29, 0.717) is 12.1 Å². The molecule has 0 saturated carbocycles. The maximum absolute atomic E-state index is 12.2. The number of benzene rings is 2. The van der Waals surface area contributed by atoms with Crippen molar-refractivity contribution >= 4 is 37.6 Å². The summed E-state index contributed by atoms with van der Waals surface area (Å²) in [4.78, 5) is 12.0. The average molecular weight is 490 g/mol. The highest BCUT2D eigenvalue weighted by Gasteiger charge is 2.16. The number of halogens is 1. The molecule has 31 heavy (non-hydrogen) atoms. The quantitative estimate of drug-likeness (QED) is 0.410. The van der Waals surface area contributed by atoms with Crippen molar-refractivity contribution in [1.82, 2.24) is 10.0 Å². The maximum atomic E-state index is 12.2. The number of hydrogen-bond acceptors (Lipinski definition) is 6. The second-order valence-electron chi connectivity index (χ2n) is 6.60. The summed E-state index contributed by atoms with van der Waals surface area (Å²) in [6.45, 7) is 2.11. The molecule has 0 aromatic heterocycles. The molecule has 0 radical (unpaired) electrons. The molecule has 0 aliphatic rings. The van der Waals surface area contributed by atoms with Gasteiger partial charge >= 0.3 is 0 Å². The van der Waals surface area contributed by atoms with Gasteiger partial charge in [-0.2, -0.15) is 0 Å². The van der Waals surface area contributed by atoms with Crippen LogP contribution in [-0.2, 0) is 31.4 Å². The zero-order chi connectivity index (χ0) is 23.1. The van der Waals surface area contributed by atoms with Gasteiger partial charge in [0.05, 0.1) is 14.8 Å². The number of rotatable bonds is 11. The number of sulfonamides is 2. The summed E-state index contributed by atoms with van der Waals surface area (Å²) in [7, 11) is -7.44. The van der Waals surface area contributed by atoms with Crippen LogP contribution in [0.4, 0.5) is 0 Å². The lowest BCUT2D eigenvalue weighted by molar-refractivity contribution is -0.123. The molecule has 0 aliphatic carbocycles. The molecule has 0 spiro atoms. The van der Waals surface area contributed by atoms with Gasteiger partial charge in [-0.05, 0) is 42.3 Å². The van der Waals surface area contributed by atoms with Crippen LogP contribution < -0.4 is 19.9 Å². The van der Waals surface area contributed by atoms with E-state index < -0.39 is 26.0 Å². The van der Waals surface area contributed by atoms with Crippen molar-refractivity contribution in [2.45, 2.75) is 36.1 Å². The highest BCUT2D eigenvalue weighted by molar-refractivity contribution is 7.89. The predicted octanol–water partition coefficient (Wildman–Crippen LogP) is 1.76. The van der Waals surface area contributed by atoms with Crippen LogP contribution in [0.15, 0.2) is 52.3 Å². The van der Waals surface area contributed by atoms with E-state index >= 15 is 0 Å². The molecule has 2 rings (SSSR count). The standard InChI is InChI=1S/C19H24ClN3O6S2/c1-2-3-10-23-31(27,28)16-8-9-18(17(20)11-16)29-13-19(24)22-12-14-4-6-15(7-5-14)30(21,25)26/h4-9,11,23H,2-3,10,12-13H2,1H3,(H,22,24)(H2,21,25,26). The Morgan fingerprint density at radius 1 is 1.06 bits per heavy atom. The molecular formula is C19H24ClN3O6S2. The second kappa shape index (κ2) is 10.9. The molecule has 4 N–H and O–H groups in total. The number of unbranched alkanes of at least 4 members (excludes halogenated alkanes) is 1. The number of ether oxygens (including phenoxy) is 1. The summed E-state index contributed by atoms with van der Waals surface area (Å²) < 4.78 is 54.8. The Hall–Kier alpha value is -2.18. The lowest BCUT2D eigenvalue weighted by Gasteiger charge is -2.11. The van der Waals surface area contributed by atoms with Crippen molar-refractivity contribution in [1.29, 1.82) is 0 Å². The normalized spacial score (nSPS) is 11.8. The number of hydrogen-bond donors (Lipinski definition) is 3. The summed E-state index contributed by atoms with van der Waals surface area (Å²) in [5, 5.41) is 7.71. The van der Waals surface area contributed by atoms with Crippen LogP contribution in [0.25, 0.3) is 0 Å². The molecule has 9 nitrogen and oxygen atoms in total. The van der Waals surface area contributed by atoms with Crippen LogP contribution in [0.1, 0.15) is 25.3 Å². The SMILES string of the molecule is CCCCNS(=O)(=O)c1ccc(OCC(=O)NCc2ccc(S(N)(=O)=O)cc2)c(Cl)c1. The predicted molar refractivity (Wildman–Crippen MR) is 117 cm³/mol. The van der Waals surface area contributed by atoms with Gasteiger partial charge in [-0.3, -0.25) is 4.79 Å². The van der Waals surface area contributed by atoms with Crippen molar-refractivity contribution in [2.24, 2.45) is 5.14 Å². The summed E-state index contributed by atoms with van der Waals surface area (Å²) in [6.07, 6.45) is 1.58. The first-order valence-electron chi connectivity index (χ1n) is 9.33. The van der Waals surface area contributed by atoms with E-state index in [1.54, 1.807) is 0 Å². The Bertz CT molecular complexity index is 1120. The van der Waals surface area contributed by atoms with Crippen LogP contribution in [0, 0.1) is 0 Å². The fourth-order valence-corrected chi connectivity index (χ4v) is 4.34. The van der Waals surface area contributed by atoms with Gasteiger partial charge < -0.3 is 10.1 Å². The zero-order valence-electron chi connectivity index (χ0n) is 16.8. The summed E-state index contributed by atoms with van der Waals surface area (Å²) in [5.41, 5.74) is 0.670. The Kier molecular flexibility index (Phi) is 8.83. The highest BCUT2D eigenvalue weighted by atomic mass is 35.5. The minimum Gasteiger partial charge on any atom is -0.482 e. The fourth-order valence-electron chi connectivity index (χ4n) is 2.42. The largest absolute Gasteiger partial charge is 0.482 e. The number of primary sulfonamides is 1. The molecule has 2 aromatic carbocycles. The lowest BCUT2D eigenvalue weighted by atomic mass is 10.2. The molecule has 170 valence electrons. The molecule has 0 atom stereocenters. The smallest absolute Gasteiger partial charge is 0.258 e. The summed E-state index contributed by atoms with van der Waals surface area (Å²) in [5.74, 6) is -0.272. The fraction of sp³-hybridized carbons (Fsp3) is 0.316. The third-order valence-corrected chi connectivity index (χ3v) is 6.82. The number of amides is 1. The first-order chi connectivity index (χ1) is 14.5. The molecule has 12 heteroatoms. The van der Waals surface area contributed by atoms with E-state index in [1.807, 2.05) is 6.92 Å². The molecule has 2 aromatic rings. The van der Waals surface area contributed by atoms with Gasteiger partial charge in [-0.15, -0.1) is 0 Å². The number of carbonyl (C=O) groups is 1. The highest BCUT2D eigenvalue weighted by Crippen LogP contribution is 2.27. The average Bonchev–Trinajstić information content (AvgIpc) is 2.71. The van der Waals surface area contributed by atoms with E-state index in [1.165, 1.54) is 42.5 Å². The van der Waals surface area contributed by atoms with Crippen molar-refractivity contribution in [3.8, 4) is 5.75 Å². The van der Waals surface area contributed by atoms with Gasteiger partial charge in [0.2, 0.25) is 20.0 Å². The van der Waals surface area contributed by atoms with Crippen LogP contribution in [0.3, 0.4) is 0 Å². The molecule has 0 bridgehead atoms. The Balaban J connectivity index is 1.89. The van der Waals surface area contributed by atoms with Gasteiger partial charge in [0, 0.05) is 13.1 Å².